The summed E-state index contributed by atoms with van der Waals surface area (Å²) in [6.07, 6.45) is 3.56. The van der Waals surface area contributed by atoms with Gasteiger partial charge in [0.2, 0.25) is 0 Å². The highest BCUT2D eigenvalue weighted by molar-refractivity contribution is 6.18. The maximum absolute atomic E-state index is 5.89. The molecule has 3 rings (SSSR count). The van der Waals surface area contributed by atoms with Gasteiger partial charge in [0.05, 0.1) is 18.0 Å². The number of alkyl halides is 1. The fourth-order valence-electron chi connectivity index (χ4n) is 2.20. The van der Waals surface area contributed by atoms with Crippen LogP contribution >= 0.6 is 11.6 Å². The van der Waals surface area contributed by atoms with Gasteiger partial charge in [0.25, 0.3) is 0 Å². The average molecular weight is 264 g/mol. The van der Waals surface area contributed by atoms with Crippen molar-refractivity contribution in [3.8, 4) is 0 Å². The molecule has 2 aromatic heterocycles. The molecule has 3 aromatic rings. The quantitative estimate of drug-likeness (QED) is 0.736. The van der Waals surface area contributed by atoms with Crippen LogP contribution in [0, 0.1) is 5.92 Å². The van der Waals surface area contributed by atoms with Crippen molar-refractivity contribution in [1.82, 2.24) is 9.78 Å². The Morgan fingerprint density at radius 2 is 2.28 bits per heavy atom. The zero-order chi connectivity index (χ0) is 12.5. The van der Waals surface area contributed by atoms with Crippen LogP contribution in [0.2, 0.25) is 0 Å². The van der Waals surface area contributed by atoms with Crippen LogP contribution in [-0.2, 0) is 6.54 Å². The number of benzene rings is 1. The summed E-state index contributed by atoms with van der Waals surface area (Å²) in [7, 11) is 0. The molecular formula is C13H14ClN3O. The predicted octanol–water partition coefficient (Wildman–Crippen LogP) is 2.60. The minimum absolute atomic E-state index is 0.233. The minimum atomic E-state index is 0.233. The van der Waals surface area contributed by atoms with E-state index in [1.165, 1.54) is 0 Å². The zero-order valence-corrected chi connectivity index (χ0v) is 10.6. The van der Waals surface area contributed by atoms with Gasteiger partial charge in [0, 0.05) is 29.1 Å². The van der Waals surface area contributed by atoms with Gasteiger partial charge in [-0.05, 0) is 24.7 Å². The van der Waals surface area contributed by atoms with Crippen molar-refractivity contribution in [1.29, 1.82) is 0 Å². The highest BCUT2D eigenvalue weighted by atomic mass is 35.5. The van der Waals surface area contributed by atoms with Crippen LogP contribution in [0.4, 0.5) is 0 Å². The molecule has 1 atom stereocenters. The van der Waals surface area contributed by atoms with Crippen LogP contribution in [-0.4, -0.2) is 22.2 Å². The summed E-state index contributed by atoms with van der Waals surface area (Å²) in [5.74, 6) is 0.774. The molecule has 0 spiro atoms. The van der Waals surface area contributed by atoms with E-state index in [2.05, 4.69) is 5.10 Å². The fourth-order valence-corrected chi connectivity index (χ4v) is 2.42. The number of furan rings is 1. The first-order chi connectivity index (χ1) is 8.83. The molecule has 0 saturated heterocycles. The number of halogens is 1. The fraction of sp³-hybridized carbons (Fsp3) is 0.308. The summed E-state index contributed by atoms with van der Waals surface area (Å²) in [5.41, 5.74) is 7.65. The molecule has 0 aliphatic carbocycles. The molecule has 0 bridgehead atoms. The molecule has 2 N–H and O–H groups in total. The van der Waals surface area contributed by atoms with E-state index in [0.717, 1.165) is 28.4 Å². The zero-order valence-electron chi connectivity index (χ0n) is 9.84. The Balaban J connectivity index is 2.14. The Bertz CT molecular complexity index is 669. The molecule has 5 heteroatoms. The maximum Gasteiger partial charge on any atom is 0.136 e. The summed E-state index contributed by atoms with van der Waals surface area (Å²) in [6.45, 7) is 1.29. The lowest BCUT2D eigenvalue weighted by molar-refractivity contribution is 0.474. The Morgan fingerprint density at radius 3 is 3.06 bits per heavy atom. The molecular weight excluding hydrogens is 250 g/mol. The molecule has 1 aromatic carbocycles. The van der Waals surface area contributed by atoms with Crippen LogP contribution in [0.5, 0.6) is 0 Å². The van der Waals surface area contributed by atoms with Crippen LogP contribution < -0.4 is 5.73 Å². The van der Waals surface area contributed by atoms with Crippen molar-refractivity contribution in [3.05, 3.63) is 30.7 Å². The largest absolute Gasteiger partial charge is 0.464 e. The molecule has 0 aliphatic rings. The highest BCUT2D eigenvalue weighted by Crippen LogP contribution is 2.26. The van der Waals surface area contributed by atoms with Crippen molar-refractivity contribution < 1.29 is 4.42 Å². The molecule has 0 saturated carbocycles. The number of rotatable bonds is 4. The Morgan fingerprint density at radius 1 is 1.39 bits per heavy atom. The summed E-state index contributed by atoms with van der Waals surface area (Å²) < 4.78 is 7.38. The molecule has 4 nitrogen and oxygen atoms in total. The highest BCUT2D eigenvalue weighted by Gasteiger charge is 2.12. The molecule has 1 unspecified atom stereocenters. The number of nitrogens with two attached hydrogens (primary N) is 1. The third kappa shape index (κ3) is 1.78. The SMILES string of the molecule is NCC(CCl)Cn1ncc2ccc3occc3c21. The standard InChI is InChI=1S/C13H14ClN3O/c14-5-9(6-15)8-17-13-10(7-16-17)1-2-12-11(13)3-4-18-12/h1-4,7,9H,5-6,8,15H2. The second-order valence-electron chi connectivity index (χ2n) is 4.42. The monoisotopic (exact) mass is 263 g/mol. The number of hydrogen-bond acceptors (Lipinski definition) is 3. The number of aromatic nitrogens is 2. The van der Waals surface area contributed by atoms with Gasteiger partial charge in [-0.3, -0.25) is 4.68 Å². The van der Waals surface area contributed by atoms with Crippen molar-refractivity contribution in [2.24, 2.45) is 11.7 Å². The lowest BCUT2D eigenvalue weighted by Crippen LogP contribution is -2.22. The van der Waals surface area contributed by atoms with Gasteiger partial charge in [-0.2, -0.15) is 5.10 Å². The van der Waals surface area contributed by atoms with Crippen molar-refractivity contribution in [3.63, 3.8) is 0 Å². The number of nitrogens with zero attached hydrogens (tertiary/aromatic N) is 2. The van der Waals surface area contributed by atoms with Gasteiger partial charge < -0.3 is 10.2 Å². The van der Waals surface area contributed by atoms with E-state index in [1.807, 2.05) is 29.1 Å². The summed E-state index contributed by atoms with van der Waals surface area (Å²) in [4.78, 5) is 0. The van der Waals surface area contributed by atoms with Crippen LogP contribution in [0.1, 0.15) is 0 Å². The van der Waals surface area contributed by atoms with Crippen LogP contribution in [0.3, 0.4) is 0 Å². The third-order valence-corrected chi connectivity index (χ3v) is 3.65. The predicted molar refractivity (Wildman–Crippen MR) is 72.8 cm³/mol. The minimum Gasteiger partial charge on any atom is -0.464 e. The normalized spacial score (nSPS) is 13.4. The van der Waals surface area contributed by atoms with Gasteiger partial charge in [-0.1, -0.05) is 0 Å². The van der Waals surface area contributed by atoms with Gasteiger partial charge in [-0.15, -0.1) is 11.6 Å². The average Bonchev–Trinajstić information content (AvgIpc) is 3.01. The Kier molecular flexibility index (Phi) is 2.97. The molecule has 0 radical (unpaired) electrons. The Labute approximate surface area is 109 Å². The smallest absolute Gasteiger partial charge is 0.136 e. The summed E-state index contributed by atoms with van der Waals surface area (Å²) in [6, 6.07) is 5.95. The molecule has 0 amide bonds. The summed E-state index contributed by atoms with van der Waals surface area (Å²) >= 11 is 5.89. The molecule has 0 fully saturated rings. The van der Waals surface area contributed by atoms with E-state index in [4.69, 9.17) is 21.8 Å². The van der Waals surface area contributed by atoms with E-state index in [1.54, 1.807) is 6.26 Å². The van der Waals surface area contributed by atoms with Crippen molar-refractivity contribution in [2.45, 2.75) is 6.54 Å². The van der Waals surface area contributed by atoms with Crippen LogP contribution in [0.15, 0.2) is 35.1 Å². The lowest BCUT2D eigenvalue weighted by atomic mass is 10.1. The van der Waals surface area contributed by atoms with Gasteiger partial charge in [-0.25, -0.2) is 0 Å². The Hall–Kier alpha value is -1.52. The third-order valence-electron chi connectivity index (χ3n) is 3.22. The molecule has 94 valence electrons. The second-order valence-corrected chi connectivity index (χ2v) is 4.73. The molecule has 2 heterocycles. The molecule has 0 aliphatic heterocycles. The van der Waals surface area contributed by atoms with E-state index in [0.29, 0.717) is 12.4 Å². The lowest BCUT2D eigenvalue weighted by Gasteiger charge is -2.12. The first-order valence-corrected chi connectivity index (χ1v) is 6.44. The van der Waals surface area contributed by atoms with Crippen LogP contribution in [0.25, 0.3) is 21.9 Å². The maximum atomic E-state index is 5.89. The van der Waals surface area contributed by atoms with Crippen molar-refractivity contribution in [2.75, 3.05) is 12.4 Å². The first-order valence-electron chi connectivity index (χ1n) is 5.91. The van der Waals surface area contributed by atoms with E-state index >= 15 is 0 Å². The number of fused-ring (bicyclic) bond motifs is 3. The van der Waals surface area contributed by atoms with Gasteiger partial charge in [0.1, 0.15) is 5.58 Å². The van der Waals surface area contributed by atoms with E-state index < -0.39 is 0 Å². The molecule has 18 heavy (non-hydrogen) atoms. The van der Waals surface area contributed by atoms with E-state index in [9.17, 15) is 0 Å². The topological polar surface area (TPSA) is 57.0 Å². The second kappa shape index (κ2) is 4.63. The first kappa shape index (κ1) is 11.6. The van der Waals surface area contributed by atoms with Gasteiger partial charge >= 0.3 is 0 Å². The summed E-state index contributed by atoms with van der Waals surface area (Å²) in [5, 5.41) is 6.61. The van der Waals surface area contributed by atoms with E-state index in [-0.39, 0.29) is 5.92 Å². The van der Waals surface area contributed by atoms with Gasteiger partial charge in [0.15, 0.2) is 0 Å². The number of hydrogen-bond donors (Lipinski definition) is 1. The van der Waals surface area contributed by atoms with Crippen molar-refractivity contribution >= 4 is 33.5 Å².